The molecule has 0 radical (unpaired) electrons. The maximum Gasteiger partial charge on any atom is -0.00258 e. The Balaban J connectivity index is 2.97. The fraction of sp³-hybridized carbons (Fsp3) is 0.222. The Bertz CT molecular complexity index is 485. The third-order valence-corrected chi connectivity index (χ3v) is 2.86. The normalized spacial score (nSPS) is 12.5. The summed E-state index contributed by atoms with van der Waals surface area (Å²) in [5.74, 6) is 0. The molecular formula is C18H22. The third kappa shape index (κ3) is 4.21. The van der Waals surface area contributed by atoms with E-state index >= 15 is 0 Å². The molecule has 0 heterocycles. The lowest BCUT2D eigenvalue weighted by molar-refractivity contribution is 1.19. The Morgan fingerprint density at radius 1 is 1.22 bits per heavy atom. The van der Waals surface area contributed by atoms with Crippen LogP contribution in [0.25, 0.3) is 6.08 Å². The second kappa shape index (κ2) is 7.50. The van der Waals surface area contributed by atoms with Crippen molar-refractivity contribution in [3.63, 3.8) is 0 Å². The maximum atomic E-state index is 3.87. The minimum atomic E-state index is 0.929. The number of hydrogen-bond donors (Lipinski definition) is 0. The van der Waals surface area contributed by atoms with Gasteiger partial charge in [-0.2, -0.15) is 0 Å². The van der Waals surface area contributed by atoms with Crippen molar-refractivity contribution in [3.05, 3.63) is 77.4 Å². The highest BCUT2D eigenvalue weighted by Gasteiger charge is 1.99. The molecule has 0 saturated heterocycles. The summed E-state index contributed by atoms with van der Waals surface area (Å²) in [6.45, 7) is 10.1. The molecule has 0 saturated carbocycles. The van der Waals surface area contributed by atoms with E-state index in [0.29, 0.717) is 0 Å². The highest BCUT2D eigenvalue weighted by molar-refractivity contribution is 5.54. The first-order chi connectivity index (χ1) is 8.71. The Morgan fingerprint density at radius 3 is 2.61 bits per heavy atom. The molecular weight excluding hydrogens is 216 g/mol. The van der Waals surface area contributed by atoms with Crippen LogP contribution in [-0.4, -0.2) is 0 Å². The number of allylic oxidation sites excluding steroid dienone is 6. The SMILES string of the molecule is C=C/C(=C\C=C/C)Cc1ccc(C)c(/C=C\C)c1. The molecule has 0 heteroatoms. The van der Waals surface area contributed by atoms with E-state index in [-0.39, 0.29) is 0 Å². The van der Waals surface area contributed by atoms with Crippen LogP contribution < -0.4 is 0 Å². The van der Waals surface area contributed by atoms with Gasteiger partial charge in [-0.15, -0.1) is 0 Å². The third-order valence-electron chi connectivity index (χ3n) is 2.86. The van der Waals surface area contributed by atoms with Gasteiger partial charge in [-0.05, 0) is 49.5 Å². The van der Waals surface area contributed by atoms with Gasteiger partial charge in [0.05, 0.1) is 0 Å². The van der Waals surface area contributed by atoms with Crippen LogP contribution in [0.1, 0.15) is 30.5 Å². The van der Waals surface area contributed by atoms with Crippen molar-refractivity contribution in [2.24, 2.45) is 0 Å². The van der Waals surface area contributed by atoms with Crippen LogP contribution in [-0.2, 0) is 6.42 Å². The van der Waals surface area contributed by atoms with Gasteiger partial charge in [-0.3, -0.25) is 0 Å². The van der Waals surface area contributed by atoms with E-state index in [1.54, 1.807) is 0 Å². The van der Waals surface area contributed by atoms with Gasteiger partial charge in [-0.25, -0.2) is 0 Å². The van der Waals surface area contributed by atoms with Gasteiger partial charge in [0, 0.05) is 0 Å². The van der Waals surface area contributed by atoms with Crippen molar-refractivity contribution < 1.29 is 0 Å². The molecule has 0 bridgehead atoms. The lowest BCUT2D eigenvalue weighted by Gasteiger charge is -2.06. The lowest BCUT2D eigenvalue weighted by Crippen LogP contribution is -1.90. The Labute approximate surface area is 111 Å². The van der Waals surface area contributed by atoms with Gasteiger partial charge < -0.3 is 0 Å². The van der Waals surface area contributed by atoms with Crippen LogP contribution in [0, 0.1) is 6.92 Å². The topological polar surface area (TPSA) is 0 Å². The first-order valence-electron chi connectivity index (χ1n) is 6.37. The molecule has 1 aromatic carbocycles. The maximum absolute atomic E-state index is 3.87. The van der Waals surface area contributed by atoms with E-state index in [4.69, 9.17) is 0 Å². The second-order valence-corrected chi connectivity index (χ2v) is 4.34. The monoisotopic (exact) mass is 238 g/mol. The average molecular weight is 238 g/mol. The van der Waals surface area contributed by atoms with Crippen LogP contribution in [0.15, 0.2) is 60.7 Å². The molecule has 0 unspecified atom stereocenters. The molecule has 0 nitrogen and oxygen atoms in total. The predicted octanol–water partition coefficient (Wildman–Crippen LogP) is 5.26. The summed E-state index contributed by atoms with van der Waals surface area (Å²) < 4.78 is 0. The largest absolute Gasteiger partial charge is 0.0988 e. The summed E-state index contributed by atoms with van der Waals surface area (Å²) in [7, 11) is 0. The molecule has 1 rings (SSSR count). The van der Waals surface area contributed by atoms with E-state index in [0.717, 1.165) is 6.42 Å². The van der Waals surface area contributed by atoms with Gasteiger partial charge in [-0.1, -0.05) is 61.2 Å². The molecule has 94 valence electrons. The molecule has 1 aromatic rings. The molecule has 0 amide bonds. The summed E-state index contributed by atoms with van der Waals surface area (Å²) in [4.78, 5) is 0. The molecule has 0 N–H and O–H groups in total. The molecule has 0 aliphatic carbocycles. The van der Waals surface area contributed by atoms with E-state index in [2.05, 4.69) is 56.0 Å². The second-order valence-electron chi connectivity index (χ2n) is 4.34. The summed E-state index contributed by atoms with van der Waals surface area (Å²) >= 11 is 0. The van der Waals surface area contributed by atoms with Gasteiger partial charge in [0.1, 0.15) is 0 Å². The Morgan fingerprint density at radius 2 is 2.00 bits per heavy atom. The van der Waals surface area contributed by atoms with Crippen molar-refractivity contribution in [1.82, 2.24) is 0 Å². The van der Waals surface area contributed by atoms with Crippen molar-refractivity contribution in [1.29, 1.82) is 0 Å². The smallest absolute Gasteiger partial charge is 0.00258 e. The first kappa shape index (κ1) is 14.2. The Kier molecular flexibility index (Phi) is 5.93. The van der Waals surface area contributed by atoms with Gasteiger partial charge >= 0.3 is 0 Å². The Hall–Kier alpha value is -1.82. The van der Waals surface area contributed by atoms with Crippen molar-refractivity contribution >= 4 is 6.08 Å². The zero-order valence-corrected chi connectivity index (χ0v) is 11.6. The number of rotatable bonds is 5. The molecule has 0 aliphatic heterocycles. The van der Waals surface area contributed by atoms with Crippen molar-refractivity contribution in [3.8, 4) is 0 Å². The minimum Gasteiger partial charge on any atom is -0.0988 e. The molecule has 0 spiro atoms. The average Bonchev–Trinajstić information content (AvgIpc) is 2.38. The van der Waals surface area contributed by atoms with Crippen LogP contribution in [0.3, 0.4) is 0 Å². The first-order valence-corrected chi connectivity index (χ1v) is 6.37. The van der Waals surface area contributed by atoms with Crippen LogP contribution in [0.5, 0.6) is 0 Å². The lowest BCUT2D eigenvalue weighted by atomic mass is 9.99. The summed E-state index contributed by atoms with van der Waals surface area (Å²) in [6.07, 6.45) is 13.3. The fourth-order valence-electron chi connectivity index (χ4n) is 1.81. The van der Waals surface area contributed by atoms with Gasteiger partial charge in [0.2, 0.25) is 0 Å². The quantitative estimate of drug-likeness (QED) is 0.614. The fourth-order valence-corrected chi connectivity index (χ4v) is 1.81. The molecule has 18 heavy (non-hydrogen) atoms. The summed E-state index contributed by atoms with van der Waals surface area (Å²) in [5, 5.41) is 0. The van der Waals surface area contributed by atoms with Gasteiger partial charge in [0.25, 0.3) is 0 Å². The van der Waals surface area contributed by atoms with Gasteiger partial charge in [0.15, 0.2) is 0 Å². The zero-order valence-electron chi connectivity index (χ0n) is 11.6. The predicted molar refractivity (Wildman–Crippen MR) is 82.7 cm³/mol. The molecule has 0 fully saturated rings. The number of benzene rings is 1. The van der Waals surface area contributed by atoms with E-state index < -0.39 is 0 Å². The number of hydrogen-bond acceptors (Lipinski definition) is 0. The molecule has 0 atom stereocenters. The minimum absolute atomic E-state index is 0.929. The standard InChI is InChI=1S/C18H22/c1-5-8-10-16(7-3)13-17-12-11-15(4)18(14-17)9-6-2/h5-12,14H,3,13H2,1-2,4H3/b8-5-,9-6-,16-10+. The van der Waals surface area contributed by atoms with Crippen molar-refractivity contribution in [2.75, 3.05) is 0 Å². The number of aryl methyl sites for hydroxylation is 1. The van der Waals surface area contributed by atoms with E-state index in [1.165, 1.54) is 22.3 Å². The summed E-state index contributed by atoms with van der Waals surface area (Å²) in [6, 6.07) is 6.62. The van der Waals surface area contributed by atoms with Crippen LogP contribution in [0.2, 0.25) is 0 Å². The zero-order chi connectivity index (χ0) is 13.4. The molecule has 0 aliphatic rings. The van der Waals surface area contributed by atoms with E-state index in [1.807, 2.05) is 26.0 Å². The van der Waals surface area contributed by atoms with E-state index in [9.17, 15) is 0 Å². The highest BCUT2D eigenvalue weighted by Crippen LogP contribution is 2.16. The van der Waals surface area contributed by atoms with Crippen molar-refractivity contribution in [2.45, 2.75) is 27.2 Å². The van der Waals surface area contributed by atoms with Crippen LogP contribution >= 0.6 is 0 Å². The summed E-state index contributed by atoms with van der Waals surface area (Å²) in [5.41, 5.74) is 5.17. The highest BCUT2D eigenvalue weighted by atomic mass is 14.0. The molecule has 0 aromatic heterocycles. The van der Waals surface area contributed by atoms with Crippen LogP contribution in [0.4, 0.5) is 0 Å².